The maximum Gasteiger partial charge on any atom is 0 e. The van der Waals surface area contributed by atoms with Crippen LogP contribution < -0.4 is 0 Å². The predicted molar refractivity (Wildman–Crippen MR) is 6.34 cm³/mol. The van der Waals surface area contributed by atoms with E-state index in [4.69, 9.17) is 10.5 Å². The molecular weight excluding hydrogens is 158 g/mol. The second-order valence-electron chi connectivity index (χ2n) is 0.0816. The quantitative estimate of drug-likeness (QED) is 0.297. The Bertz CT molecular complexity index is 6.85. The van der Waals surface area contributed by atoms with E-state index in [0.717, 1.165) is 0 Å². The Hall–Kier alpha value is 1.37. The summed E-state index contributed by atoms with van der Waals surface area (Å²) in [5.41, 5.74) is 0. The van der Waals surface area contributed by atoms with Crippen molar-refractivity contribution in [1.29, 1.82) is 0 Å². The SMILES string of the molecule is OOO.[Sc].[Zn]. The average Bonchev–Trinajstić information content (AvgIpc) is 0.918. The van der Waals surface area contributed by atoms with E-state index in [1.165, 1.54) is 0 Å². The first-order valence-electron chi connectivity index (χ1n) is 0.365. The molecule has 0 aliphatic heterocycles. The first kappa shape index (κ1) is 16.2. The van der Waals surface area contributed by atoms with Crippen molar-refractivity contribution < 1.29 is 60.9 Å². The summed E-state index contributed by atoms with van der Waals surface area (Å²) in [7, 11) is 0. The first-order chi connectivity index (χ1) is 1.41. The molecule has 0 amide bonds. The number of hydrogen-bond acceptors (Lipinski definition) is 3. The van der Waals surface area contributed by atoms with Crippen LogP contribution in [0, 0.1) is 0 Å². The predicted octanol–water partition coefficient (Wildman–Crippen LogP) is -0.0560. The van der Waals surface area contributed by atoms with Gasteiger partial charge in [-0.1, -0.05) is 5.04 Å². The molecule has 0 aromatic rings. The average molecular weight is 160 g/mol. The van der Waals surface area contributed by atoms with Gasteiger partial charge in [0.2, 0.25) is 0 Å². The molecule has 0 aliphatic carbocycles. The van der Waals surface area contributed by atoms with E-state index in [2.05, 4.69) is 5.04 Å². The Labute approximate surface area is 60.7 Å². The van der Waals surface area contributed by atoms with Crippen LogP contribution >= 0.6 is 0 Å². The van der Waals surface area contributed by atoms with Crippen LogP contribution in [0.1, 0.15) is 0 Å². The molecule has 0 spiro atoms. The second kappa shape index (κ2) is 18.2. The van der Waals surface area contributed by atoms with Crippen molar-refractivity contribution in [3.05, 3.63) is 0 Å². The van der Waals surface area contributed by atoms with Crippen molar-refractivity contribution in [3.63, 3.8) is 0 Å². The van der Waals surface area contributed by atoms with Gasteiger partial charge >= 0.3 is 0 Å². The molecule has 0 rings (SSSR count). The summed E-state index contributed by atoms with van der Waals surface area (Å²) in [5, 5.41) is 15.5. The van der Waals surface area contributed by atoms with Gasteiger partial charge in [-0.05, 0) is 0 Å². The standard InChI is InChI=1S/H2O3.Sc.Zn/c1-3-2;;/h1-2H;;. The Morgan fingerprint density at radius 2 is 1.20 bits per heavy atom. The normalized spacial score (nSPS) is 3.60. The third-order valence-corrected chi connectivity index (χ3v) is 0. The molecule has 0 unspecified atom stereocenters. The maximum absolute atomic E-state index is 6.62. The molecule has 0 saturated carbocycles. The fraction of sp³-hybridized carbons (Fsp3) is 0. The molecule has 0 atom stereocenters. The molecule has 1 radical (unpaired) electrons. The van der Waals surface area contributed by atoms with Gasteiger partial charge in [0.15, 0.2) is 0 Å². The van der Waals surface area contributed by atoms with Gasteiger partial charge in [-0.15, -0.1) is 0 Å². The van der Waals surface area contributed by atoms with E-state index in [1.54, 1.807) is 0 Å². The van der Waals surface area contributed by atoms with Crippen LogP contribution in [0.25, 0.3) is 0 Å². The van der Waals surface area contributed by atoms with E-state index < -0.39 is 0 Å². The largest absolute Gasteiger partial charge is 0.221 e. The Kier molecular flexibility index (Phi) is 59.0. The molecule has 0 aliphatic rings. The molecule has 0 aromatic carbocycles. The van der Waals surface area contributed by atoms with Crippen molar-refractivity contribution in [2.24, 2.45) is 0 Å². The van der Waals surface area contributed by atoms with Gasteiger partial charge in [-0.3, -0.25) is 0 Å². The molecule has 0 bridgehead atoms. The molecule has 2 N–H and O–H groups in total. The van der Waals surface area contributed by atoms with Crippen molar-refractivity contribution in [2.45, 2.75) is 0 Å². The van der Waals surface area contributed by atoms with Crippen LogP contribution in [0.5, 0.6) is 0 Å². The maximum atomic E-state index is 6.62. The minimum atomic E-state index is 0. The fourth-order valence-electron chi connectivity index (χ4n) is 0. The Morgan fingerprint density at radius 3 is 1.20 bits per heavy atom. The Morgan fingerprint density at radius 1 is 1.20 bits per heavy atom. The third-order valence-electron chi connectivity index (χ3n) is 0. The van der Waals surface area contributed by atoms with E-state index in [1.807, 2.05) is 0 Å². The van der Waals surface area contributed by atoms with E-state index in [0.29, 0.717) is 0 Å². The summed E-state index contributed by atoms with van der Waals surface area (Å²) >= 11 is 0. The minimum absolute atomic E-state index is 0. The van der Waals surface area contributed by atoms with Gasteiger partial charge in [-0.25, -0.2) is 10.5 Å². The molecule has 0 aromatic heterocycles. The van der Waals surface area contributed by atoms with Gasteiger partial charge in [0.1, 0.15) is 0 Å². The fourth-order valence-corrected chi connectivity index (χ4v) is 0. The van der Waals surface area contributed by atoms with Crippen LogP contribution in [0.2, 0.25) is 0 Å². The monoisotopic (exact) mass is 159 g/mol. The molecular formula is H2O3ScZn. The summed E-state index contributed by atoms with van der Waals surface area (Å²) < 4.78 is 0. The molecule has 3 nitrogen and oxygen atoms in total. The topological polar surface area (TPSA) is 49.7 Å². The smallest absolute Gasteiger partial charge is 0 e. The summed E-state index contributed by atoms with van der Waals surface area (Å²) in [6, 6.07) is 0. The van der Waals surface area contributed by atoms with E-state index in [9.17, 15) is 0 Å². The summed E-state index contributed by atoms with van der Waals surface area (Å²) in [6.07, 6.45) is 0. The summed E-state index contributed by atoms with van der Waals surface area (Å²) in [6.45, 7) is 0. The van der Waals surface area contributed by atoms with Crippen LogP contribution in [-0.4, -0.2) is 10.5 Å². The molecule has 5 heteroatoms. The van der Waals surface area contributed by atoms with Crippen molar-refractivity contribution in [3.8, 4) is 0 Å². The van der Waals surface area contributed by atoms with Gasteiger partial charge in [0.25, 0.3) is 0 Å². The zero-order valence-electron chi connectivity index (χ0n) is 2.59. The van der Waals surface area contributed by atoms with Gasteiger partial charge in [0, 0.05) is 45.3 Å². The van der Waals surface area contributed by atoms with Crippen LogP contribution in [0.15, 0.2) is 0 Å². The van der Waals surface area contributed by atoms with Crippen molar-refractivity contribution in [2.75, 3.05) is 0 Å². The van der Waals surface area contributed by atoms with Crippen LogP contribution in [0.3, 0.4) is 0 Å². The van der Waals surface area contributed by atoms with Crippen LogP contribution in [-0.2, 0) is 50.4 Å². The van der Waals surface area contributed by atoms with Crippen molar-refractivity contribution >= 4 is 0 Å². The van der Waals surface area contributed by atoms with Gasteiger partial charge in [-0.2, -0.15) is 0 Å². The first-order valence-corrected chi connectivity index (χ1v) is 0.365. The minimum Gasteiger partial charge on any atom is -0.221 e. The van der Waals surface area contributed by atoms with Crippen LogP contribution in [0.4, 0.5) is 0 Å². The third kappa shape index (κ3) is 32.4. The van der Waals surface area contributed by atoms with E-state index in [-0.39, 0.29) is 45.3 Å². The molecule has 0 heterocycles. The molecule has 0 fully saturated rings. The zero-order chi connectivity index (χ0) is 2.71. The van der Waals surface area contributed by atoms with E-state index >= 15 is 0 Å². The van der Waals surface area contributed by atoms with Crippen molar-refractivity contribution in [1.82, 2.24) is 0 Å². The molecule has 0 saturated heterocycles. The number of hydrogen-bond donors (Lipinski definition) is 2. The molecule has 5 heavy (non-hydrogen) atoms. The number of rotatable bonds is 0. The van der Waals surface area contributed by atoms with Gasteiger partial charge in [0.05, 0.1) is 0 Å². The Balaban J connectivity index is -0.0000000200. The zero-order valence-corrected chi connectivity index (χ0v) is 7.36. The molecule has 25 valence electrons. The summed E-state index contributed by atoms with van der Waals surface area (Å²) in [4.78, 5) is 0. The summed E-state index contributed by atoms with van der Waals surface area (Å²) in [5.74, 6) is 0. The van der Waals surface area contributed by atoms with Gasteiger partial charge < -0.3 is 0 Å². The second-order valence-corrected chi connectivity index (χ2v) is 0.0816.